The van der Waals surface area contributed by atoms with Gasteiger partial charge in [-0.05, 0) is 52.9 Å². The Kier molecular flexibility index (Phi) is 14.1. The summed E-state index contributed by atoms with van der Waals surface area (Å²) in [7, 11) is 0. The standard InChI is InChI=1S/C36H43F3N2O4/c1-2-3-4-5-6-7-8-9-10-11-23-40-33(42)31-14-12-13-30(24-31)29-19-15-27(16-20-29)25-41(34(43)35(44)45)26-28-17-21-32(22-18-28)36(37,38)39/h12-22,24H,2-11,23,25-26H2,1H3,(H,40,42)(H,44,45). The van der Waals surface area contributed by atoms with E-state index in [1.807, 2.05) is 30.3 Å². The van der Waals surface area contributed by atoms with E-state index in [1.54, 1.807) is 18.2 Å². The molecule has 3 rings (SSSR count). The van der Waals surface area contributed by atoms with Crippen LogP contribution in [-0.4, -0.2) is 34.3 Å². The third kappa shape index (κ3) is 12.0. The van der Waals surface area contributed by atoms with Gasteiger partial charge in [0.05, 0.1) is 5.56 Å². The van der Waals surface area contributed by atoms with Crippen molar-refractivity contribution in [3.05, 3.63) is 95.1 Å². The van der Waals surface area contributed by atoms with Crippen molar-refractivity contribution in [3.63, 3.8) is 0 Å². The maximum Gasteiger partial charge on any atom is 0.416 e. The van der Waals surface area contributed by atoms with Crippen molar-refractivity contribution in [2.45, 2.75) is 90.4 Å². The first kappa shape index (κ1) is 35.3. The highest BCUT2D eigenvalue weighted by Crippen LogP contribution is 2.29. The number of nitrogens with zero attached hydrogens (tertiary/aromatic N) is 1. The van der Waals surface area contributed by atoms with Gasteiger partial charge in [0.15, 0.2) is 0 Å². The Balaban J connectivity index is 1.52. The zero-order chi connectivity index (χ0) is 32.7. The summed E-state index contributed by atoms with van der Waals surface area (Å²) in [6.07, 6.45) is 7.83. The molecule has 0 unspecified atom stereocenters. The topological polar surface area (TPSA) is 86.7 Å². The van der Waals surface area contributed by atoms with Gasteiger partial charge in [-0.1, -0.05) is 113 Å². The summed E-state index contributed by atoms with van der Waals surface area (Å²) in [5, 5.41) is 12.3. The molecule has 0 atom stereocenters. The van der Waals surface area contributed by atoms with Gasteiger partial charge in [-0.2, -0.15) is 13.2 Å². The minimum absolute atomic E-state index is 0.0478. The van der Waals surface area contributed by atoms with E-state index in [0.717, 1.165) is 41.0 Å². The molecule has 0 bridgehead atoms. The van der Waals surface area contributed by atoms with E-state index in [1.165, 1.54) is 63.5 Å². The molecule has 3 aromatic carbocycles. The minimum atomic E-state index is -4.49. The number of carboxylic acids is 1. The van der Waals surface area contributed by atoms with Crippen LogP contribution >= 0.6 is 0 Å². The molecule has 0 aliphatic rings. The van der Waals surface area contributed by atoms with E-state index in [0.29, 0.717) is 23.2 Å². The predicted molar refractivity (Wildman–Crippen MR) is 169 cm³/mol. The van der Waals surface area contributed by atoms with Gasteiger partial charge < -0.3 is 15.3 Å². The van der Waals surface area contributed by atoms with Crippen LogP contribution in [-0.2, 0) is 28.9 Å². The fourth-order valence-corrected chi connectivity index (χ4v) is 5.13. The highest BCUT2D eigenvalue weighted by Gasteiger charge is 2.30. The molecule has 0 saturated carbocycles. The summed E-state index contributed by atoms with van der Waals surface area (Å²) < 4.78 is 38.7. The van der Waals surface area contributed by atoms with Crippen molar-refractivity contribution in [1.82, 2.24) is 10.2 Å². The van der Waals surface area contributed by atoms with Crippen molar-refractivity contribution >= 4 is 17.8 Å². The number of halogens is 3. The molecule has 3 aromatic rings. The zero-order valence-electron chi connectivity index (χ0n) is 25.9. The maximum absolute atomic E-state index is 12.9. The molecule has 2 amide bonds. The van der Waals surface area contributed by atoms with Crippen molar-refractivity contribution in [3.8, 4) is 11.1 Å². The van der Waals surface area contributed by atoms with E-state index in [2.05, 4.69) is 12.2 Å². The highest BCUT2D eigenvalue weighted by atomic mass is 19.4. The molecule has 0 radical (unpaired) electrons. The quantitative estimate of drug-likeness (QED) is 0.116. The first-order chi connectivity index (χ1) is 21.6. The molecular formula is C36H43F3N2O4. The molecule has 45 heavy (non-hydrogen) atoms. The summed E-state index contributed by atoms with van der Waals surface area (Å²) in [5.41, 5.74) is 2.41. The smallest absolute Gasteiger partial charge is 0.416 e. The SMILES string of the molecule is CCCCCCCCCCCCNC(=O)c1cccc(-c2ccc(CN(Cc3ccc(C(F)(F)F)cc3)C(=O)C(=O)O)cc2)c1. The Morgan fingerprint density at radius 2 is 1.24 bits per heavy atom. The van der Waals surface area contributed by atoms with Crippen LogP contribution in [0.2, 0.25) is 0 Å². The number of carbonyl (C=O) groups excluding carboxylic acids is 2. The van der Waals surface area contributed by atoms with Gasteiger partial charge in [-0.25, -0.2) is 4.79 Å². The third-order valence-corrected chi connectivity index (χ3v) is 7.73. The second kappa shape index (κ2) is 18.0. The van der Waals surface area contributed by atoms with Gasteiger partial charge in [0.1, 0.15) is 0 Å². The monoisotopic (exact) mass is 624 g/mol. The van der Waals surface area contributed by atoms with Gasteiger partial charge >= 0.3 is 18.1 Å². The number of aliphatic carboxylic acids is 1. The van der Waals surface area contributed by atoms with Crippen LogP contribution in [0.25, 0.3) is 11.1 Å². The molecule has 0 heterocycles. The Hall–Kier alpha value is -4.14. The molecule has 9 heteroatoms. The number of rotatable bonds is 17. The number of benzene rings is 3. The van der Waals surface area contributed by atoms with Crippen LogP contribution in [0, 0.1) is 0 Å². The first-order valence-corrected chi connectivity index (χ1v) is 15.7. The fraction of sp³-hybridized carbons (Fsp3) is 0.417. The molecule has 0 spiro atoms. The van der Waals surface area contributed by atoms with Gasteiger partial charge in [-0.3, -0.25) is 9.59 Å². The molecular weight excluding hydrogens is 581 g/mol. The summed E-state index contributed by atoms with van der Waals surface area (Å²) >= 11 is 0. The van der Waals surface area contributed by atoms with Gasteiger partial charge in [0.2, 0.25) is 0 Å². The summed E-state index contributed by atoms with van der Waals surface area (Å²) in [6.45, 7) is 2.65. The first-order valence-electron chi connectivity index (χ1n) is 15.7. The predicted octanol–water partition coefficient (Wildman–Crippen LogP) is 8.64. The second-order valence-electron chi connectivity index (χ2n) is 11.4. The summed E-state index contributed by atoms with van der Waals surface area (Å²) in [6, 6.07) is 18.7. The van der Waals surface area contributed by atoms with E-state index in [4.69, 9.17) is 0 Å². The molecule has 0 aromatic heterocycles. The number of amides is 2. The van der Waals surface area contributed by atoms with Gasteiger partial charge in [-0.15, -0.1) is 0 Å². The normalized spacial score (nSPS) is 11.3. The number of unbranched alkanes of at least 4 members (excludes halogenated alkanes) is 9. The lowest BCUT2D eigenvalue weighted by molar-refractivity contribution is -0.156. The number of alkyl halides is 3. The molecule has 0 saturated heterocycles. The zero-order valence-corrected chi connectivity index (χ0v) is 25.9. The Bertz CT molecular complexity index is 1370. The summed E-state index contributed by atoms with van der Waals surface area (Å²) in [4.78, 5) is 37.6. The van der Waals surface area contributed by atoms with E-state index in [-0.39, 0.29) is 19.0 Å². The Labute approximate surface area is 263 Å². The van der Waals surface area contributed by atoms with Crippen LogP contribution in [0.3, 0.4) is 0 Å². The van der Waals surface area contributed by atoms with Crippen molar-refractivity contribution < 1.29 is 32.7 Å². The van der Waals surface area contributed by atoms with Crippen LogP contribution < -0.4 is 5.32 Å². The Morgan fingerprint density at radius 3 is 1.78 bits per heavy atom. The number of hydrogen-bond acceptors (Lipinski definition) is 3. The number of carboxylic acid groups (broad SMARTS) is 1. The lowest BCUT2D eigenvalue weighted by Crippen LogP contribution is -2.35. The molecule has 0 fully saturated rings. The van der Waals surface area contributed by atoms with Crippen LogP contribution in [0.5, 0.6) is 0 Å². The largest absolute Gasteiger partial charge is 0.474 e. The van der Waals surface area contributed by atoms with Crippen molar-refractivity contribution in [1.29, 1.82) is 0 Å². The van der Waals surface area contributed by atoms with Crippen LogP contribution in [0.4, 0.5) is 13.2 Å². The highest BCUT2D eigenvalue weighted by molar-refractivity contribution is 6.31. The fourth-order valence-electron chi connectivity index (χ4n) is 5.13. The lowest BCUT2D eigenvalue weighted by Gasteiger charge is -2.21. The molecule has 0 aliphatic heterocycles. The second-order valence-corrected chi connectivity index (χ2v) is 11.4. The average molecular weight is 625 g/mol. The van der Waals surface area contributed by atoms with Gasteiger partial charge in [0.25, 0.3) is 5.91 Å². The molecule has 242 valence electrons. The maximum atomic E-state index is 12.9. The summed E-state index contributed by atoms with van der Waals surface area (Å²) in [5.74, 6) is -2.94. The van der Waals surface area contributed by atoms with E-state index in [9.17, 15) is 32.7 Å². The minimum Gasteiger partial charge on any atom is -0.474 e. The van der Waals surface area contributed by atoms with E-state index >= 15 is 0 Å². The van der Waals surface area contributed by atoms with Crippen LogP contribution in [0.15, 0.2) is 72.8 Å². The van der Waals surface area contributed by atoms with Crippen molar-refractivity contribution in [2.75, 3.05) is 6.54 Å². The number of carbonyl (C=O) groups is 3. The lowest BCUT2D eigenvalue weighted by atomic mass is 10.0. The Morgan fingerprint density at radius 1 is 0.711 bits per heavy atom. The van der Waals surface area contributed by atoms with Crippen LogP contribution in [0.1, 0.15) is 98.2 Å². The van der Waals surface area contributed by atoms with Crippen molar-refractivity contribution in [2.24, 2.45) is 0 Å². The average Bonchev–Trinajstić information content (AvgIpc) is 3.03. The van der Waals surface area contributed by atoms with E-state index < -0.39 is 23.6 Å². The molecule has 2 N–H and O–H groups in total. The van der Waals surface area contributed by atoms with Gasteiger partial charge in [0, 0.05) is 25.2 Å². The number of hydrogen-bond donors (Lipinski definition) is 2. The number of nitrogens with one attached hydrogen (secondary N) is 1. The third-order valence-electron chi connectivity index (χ3n) is 7.73. The molecule has 6 nitrogen and oxygen atoms in total. The molecule has 0 aliphatic carbocycles.